The standard InChI is InChI=1S/C23H22Cl2FN3O2/c24-18-4-5-19(21(25)11-18)23-20(15-31-27-23)22(30)14-29-8-6-28(7-9-29)13-17-3-1-2-16(10-17)12-26/h1-5,10-11,15H,6-9,12-14H2. The van der Waals surface area contributed by atoms with Crippen LogP contribution in [0.1, 0.15) is 21.5 Å². The molecule has 1 fully saturated rings. The molecule has 0 saturated carbocycles. The summed E-state index contributed by atoms with van der Waals surface area (Å²) in [6, 6.07) is 12.7. The molecule has 1 aliphatic rings. The maximum atomic E-state index is 12.9. The molecule has 5 nitrogen and oxygen atoms in total. The van der Waals surface area contributed by atoms with E-state index in [-0.39, 0.29) is 12.3 Å². The highest BCUT2D eigenvalue weighted by Crippen LogP contribution is 2.31. The lowest BCUT2D eigenvalue weighted by Crippen LogP contribution is -2.47. The van der Waals surface area contributed by atoms with Crippen LogP contribution in [-0.2, 0) is 13.2 Å². The van der Waals surface area contributed by atoms with Gasteiger partial charge in [0.15, 0.2) is 5.78 Å². The summed E-state index contributed by atoms with van der Waals surface area (Å²) in [5.41, 5.74) is 3.26. The van der Waals surface area contributed by atoms with Gasteiger partial charge in [-0.3, -0.25) is 14.6 Å². The van der Waals surface area contributed by atoms with Crippen LogP contribution in [0.5, 0.6) is 0 Å². The lowest BCUT2D eigenvalue weighted by molar-refractivity contribution is 0.0843. The zero-order chi connectivity index (χ0) is 21.8. The first-order chi connectivity index (χ1) is 15.0. The molecule has 1 aliphatic heterocycles. The Kier molecular flexibility index (Phi) is 7.02. The van der Waals surface area contributed by atoms with E-state index in [9.17, 15) is 9.18 Å². The first-order valence-electron chi connectivity index (χ1n) is 10.0. The van der Waals surface area contributed by atoms with Gasteiger partial charge in [-0.15, -0.1) is 0 Å². The van der Waals surface area contributed by atoms with E-state index in [0.717, 1.165) is 38.3 Å². The Balaban J connectivity index is 1.35. The molecule has 0 bridgehead atoms. The van der Waals surface area contributed by atoms with Crippen molar-refractivity contribution < 1.29 is 13.7 Å². The van der Waals surface area contributed by atoms with Crippen molar-refractivity contribution in [3.63, 3.8) is 0 Å². The number of alkyl halides is 1. The highest BCUT2D eigenvalue weighted by Gasteiger charge is 2.24. The van der Waals surface area contributed by atoms with Gasteiger partial charge in [0.25, 0.3) is 0 Å². The van der Waals surface area contributed by atoms with Crippen LogP contribution >= 0.6 is 23.2 Å². The van der Waals surface area contributed by atoms with Crippen LogP contribution in [0.25, 0.3) is 11.3 Å². The number of halogens is 3. The highest BCUT2D eigenvalue weighted by molar-refractivity contribution is 6.36. The normalized spacial score (nSPS) is 15.3. The summed E-state index contributed by atoms with van der Waals surface area (Å²) in [7, 11) is 0. The minimum atomic E-state index is -0.449. The van der Waals surface area contributed by atoms with Gasteiger partial charge in [-0.25, -0.2) is 4.39 Å². The molecular formula is C23H22Cl2FN3O2. The second kappa shape index (κ2) is 9.92. The third-order valence-electron chi connectivity index (χ3n) is 5.44. The zero-order valence-corrected chi connectivity index (χ0v) is 18.4. The number of rotatable bonds is 7. The number of carbonyl (C=O) groups is 1. The van der Waals surface area contributed by atoms with Crippen molar-refractivity contribution in [3.8, 4) is 11.3 Å². The average molecular weight is 462 g/mol. The maximum absolute atomic E-state index is 12.9. The topological polar surface area (TPSA) is 49.6 Å². The van der Waals surface area contributed by atoms with Crippen LogP contribution in [0.3, 0.4) is 0 Å². The number of hydrogen-bond acceptors (Lipinski definition) is 5. The maximum Gasteiger partial charge on any atom is 0.182 e. The molecule has 2 heterocycles. The Morgan fingerprint density at radius 3 is 2.52 bits per heavy atom. The van der Waals surface area contributed by atoms with Gasteiger partial charge in [0.05, 0.1) is 17.1 Å². The molecule has 1 aromatic heterocycles. The summed E-state index contributed by atoms with van der Waals surface area (Å²) >= 11 is 12.2. The van der Waals surface area contributed by atoms with Gasteiger partial charge >= 0.3 is 0 Å². The largest absolute Gasteiger partial charge is 0.363 e. The van der Waals surface area contributed by atoms with Crippen LogP contribution in [0, 0.1) is 0 Å². The van der Waals surface area contributed by atoms with E-state index in [1.54, 1.807) is 24.3 Å². The third-order valence-corrected chi connectivity index (χ3v) is 5.99. The van der Waals surface area contributed by atoms with Crippen molar-refractivity contribution >= 4 is 29.0 Å². The van der Waals surface area contributed by atoms with Crippen LogP contribution in [0.2, 0.25) is 10.0 Å². The average Bonchev–Trinajstić information content (AvgIpc) is 3.25. The highest BCUT2D eigenvalue weighted by atomic mass is 35.5. The fourth-order valence-corrected chi connectivity index (χ4v) is 4.27. The predicted octanol–water partition coefficient (Wildman–Crippen LogP) is 5.12. The van der Waals surface area contributed by atoms with E-state index >= 15 is 0 Å². The number of aromatic nitrogens is 1. The molecule has 0 spiro atoms. The van der Waals surface area contributed by atoms with Gasteiger partial charge < -0.3 is 4.52 Å². The van der Waals surface area contributed by atoms with E-state index in [1.165, 1.54) is 6.26 Å². The van der Waals surface area contributed by atoms with Gasteiger partial charge in [-0.2, -0.15) is 0 Å². The second-order valence-electron chi connectivity index (χ2n) is 7.63. The fourth-order valence-electron chi connectivity index (χ4n) is 3.77. The molecular weight excluding hydrogens is 440 g/mol. The minimum absolute atomic E-state index is 0.0636. The summed E-state index contributed by atoms with van der Waals surface area (Å²) in [6.07, 6.45) is 1.37. The molecule has 2 aromatic carbocycles. The molecule has 3 aromatic rings. The number of Topliss-reactive ketones (excluding diaryl/α,β-unsaturated/α-hetero) is 1. The first kappa shape index (κ1) is 22.0. The lowest BCUT2D eigenvalue weighted by Gasteiger charge is -2.34. The van der Waals surface area contributed by atoms with Crippen LogP contribution < -0.4 is 0 Å². The molecule has 0 aliphatic carbocycles. The van der Waals surface area contributed by atoms with Gasteiger partial charge in [-0.05, 0) is 29.3 Å². The van der Waals surface area contributed by atoms with Crippen molar-refractivity contribution in [2.24, 2.45) is 0 Å². The lowest BCUT2D eigenvalue weighted by atomic mass is 10.0. The van der Waals surface area contributed by atoms with Crippen molar-refractivity contribution in [1.82, 2.24) is 15.0 Å². The van der Waals surface area contributed by atoms with Crippen molar-refractivity contribution in [2.45, 2.75) is 13.2 Å². The number of benzene rings is 2. The second-order valence-corrected chi connectivity index (χ2v) is 8.47. The van der Waals surface area contributed by atoms with Gasteiger partial charge in [-0.1, -0.05) is 52.6 Å². The zero-order valence-electron chi connectivity index (χ0n) is 16.9. The Hall–Kier alpha value is -2.25. The molecule has 8 heteroatoms. The summed E-state index contributed by atoms with van der Waals surface area (Å²) in [5.74, 6) is -0.0636. The number of hydrogen-bond donors (Lipinski definition) is 0. The van der Waals surface area contributed by atoms with Crippen molar-refractivity contribution in [2.75, 3.05) is 32.7 Å². The first-order valence-corrected chi connectivity index (χ1v) is 10.8. The van der Waals surface area contributed by atoms with Crippen molar-refractivity contribution in [1.29, 1.82) is 0 Å². The van der Waals surface area contributed by atoms with E-state index in [0.29, 0.717) is 32.4 Å². The van der Waals surface area contributed by atoms with Crippen LogP contribution in [0.4, 0.5) is 4.39 Å². The number of nitrogens with zero attached hydrogens (tertiary/aromatic N) is 3. The van der Waals surface area contributed by atoms with E-state index in [4.69, 9.17) is 27.7 Å². The predicted molar refractivity (Wildman–Crippen MR) is 119 cm³/mol. The number of carbonyl (C=O) groups excluding carboxylic acids is 1. The van der Waals surface area contributed by atoms with E-state index < -0.39 is 6.67 Å². The monoisotopic (exact) mass is 461 g/mol. The molecule has 0 amide bonds. The quantitative estimate of drug-likeness (QED) is 0.457. The summed E-state index contributed by atoms with van der Waals surface area (Å²) in [4.78, 5) is 17.4. The molecule has 31 heavy (non-hydrogen) atoms. The smallest absolute Gasteiger partial charge is 0.182 e. The Bertz CT molecular complexity index is 1060. The molecule has 4 rings (SSSR count). The van der Waals surface area contributed by atoms with E-state index in [2.05, 4.69) is 15.0 Å². The molecule has 1 saturated heterocycles. The molecule has 0 radical (unpaired) electrons. The van der Waals surface area contributed by atoms with Gasteiger partial charge in [0.1, 0.15) is 18.6 Å². The molecule has 0 unspecified atom stereocenters. The van der Waals surface area contributed by atoms with Crippen molar-refractivity contribution in [3.05, 3.63) is 75.5 Å². The minimum Gasteiger partial charge on any atom is -0.363 e. The number of ketones is 1. The summed E-state index contributed by atoms with van der Waals surface area (Å²) < 4.78 is 18.0. The summed E-state index contributed by atoms with van der Waals surface area (Å²) in [6.45, 7) is 3.84. The Labute approximate surface area is 190 Å². The SMILES string of the molecule is O=C(CN1CCN(Cc2cccc(CF)c2)CC1)c1conc1-c1ccc(Cl)cc1Cl. The Morgan fingerprint density at radius 1 is 1.03 bits per heavy atom. The third kappa shape index (κ3) is 5.33. The van der Waals surface area contributed by atoms with E-state index in [1.807, 2.05) is 18.2 Å². The number of piperazine rings is 1. The summed E-state index contributed by atoms with van der Waals surface area (Å²) in [5, 5.41) is 4.92. The van der Waals surface area contributed by atoms with Crippen LogP contribution in [-0.4, -0.2) is 53.5 Å². The van der Waals surface area contributed by atoms with Gasteiger partial charge in [0.2, 0.25) is 0 Å². The fraction of sp³-hybridized carbons (Fsp3) is 0.304. The molecule has 162 valence electrons. The van der Waals surface area contributed by atoms with Crippen LogP contribution in [0.15, 0.2) is 53.3 Å². The molecule has 0 atom stereocenters. The molecule has 0 N–H and O–H groups in total. The van der Waals surface area contributed by atoms with Gasteiger partial charge in [0, 0.05) is 43.3 Å². The Morgan fingerprint density at radius 2 is 1.77 bits per heavy atom.